The molecular weight excluding hydrogens is 180 g/mol. The lowest BCUT2D eigenvalue weighted by atomic mass is 10.3. The molecule has 0 radical (unpaired) electrons. The molecule has 0 spiro atoms. The fraction of sp³-hybridized carbons (Fsp3) is 0.200. The molecule has 4 nitrogen and oxygen atoms in total. The Hall–Kier alpha value is -2.02. The van der Waals surface area contributed by atoms with Crippen molar-refractivity contribution >= 4 is 11.8 Å². The number of rotatable bonds is 3. The number of nitrogens with one attached hydrogen (secondary N) is 1. The molecule has 0 fully saturated rings. The summed E-state index contributed by atoms with van der Waals surface area (Å²) in [5.41, 5.74) is 0.178. The monoisotopic (exact) mass is 190 g/mol. The molecule has 0 atom stereocenters. The van der Waals surface area contributed by atoms with Gasteiger partial charge in [-0.2, -0.15) is 0 Å². The summed E-state index contributed by atoms with van der Waals surface area (Å²) in [5.74, 6) is 5.20. The number of aromatic carboxylic acids is 1. The van der Waals surface area contributed by atoms with Gasteiger partial charge in [-0.1, -0.05) is 5.92 Å². The van der Waals surface area contributed by atoms with Gasteiger partial charge in [-0.05, 0) is 19.1 Å². The zero-order chi connectivity index (χ0) is 10.4. The fourth-order valence-electron chi connectivity index (χ4n) is 0.848. The first-order valence-corrected chi connectivity index (χ1v) is 4.07. The first-order valence-electron chi connectivity index (χ1n) is 4.07. The van der Waals surface area contributed by atoms with Gasteiger partial charge in [-0.3, -0.25) is 0 Å². The van der Waals surface area contributed by atoms with E-state index in [2.05, 4.69) is 22.1 Å². The van der Waals surface area contributed by atoms with Gasteiger partial charge in [-0.15, -0.1) is 5.92 Å². The smallest absolute Gasteiger partial charge is 0.337 e. The third kappa shape index (κ3) is 2.79. The molecule has 0 aromatic carbocycles. The maximum absolute atomic E-state index is 10.5. The summed E-state index contributed by atoms with van der Waals surface area (Å²) in [6.07, 6.45) is 1.31. The first kappa shape index (κ1) is 10.1. The molecule has 0 unspecified atom stereocenters. The van der Waals surface area contributed by atoms with Crippen molar-refractivity contribution in [3.63, 3.8) is 0 Å². The topological polar surface area (TPSA) is 62.2 Å². The normalized spacial score (nSPS) is 8.64. The van der Waals surface area contributed by atoms with Crippen LogP contribution in [-0.2, 0) is 0 Å². The molecule has 0 aliphatic rings. The van der Waals surface area contributed by atoms with E-state index in [1.165, 1.54) is 12.3 Å². The van der Waals surface area contributed by atoms with Gasteiger partial charge >= 0.3 is 5.97 Å². The van der Waals surface area contributed by atoms with Crippen molar-refractivity contribution in [2.24, 2.45) is 0 Å². The van der Waals surface area contributed by atoms with Crippen molar-refractivity contribution < 1.29 is 9.90 Å². The lowest BCUT2D eigenvalue weighted by molar-refractivity contribution is 0.0696. The van der Waals surface area contributed by atoms with Gasteiger partial charge in [0.05, 0.1) is 12.1 Å². The molecule has 0 amide bonds. The van der Waals surface area contributed by atoms with Crippen LogP contribution in [0, 0.1) is 11.8 Å². The van der Waals surface area contributed by atoms with Crippen molar-refractivity contribution in [2.75, 3.05) is 11.9 Å². The van der Waals surface area contributed by atoms with Gasteiger partial charge < -0.3 is 10.4 Å². The zero-order valence-corrected chi connectivity index (χ0v) is 7.74. The molecule has 0 bridgehead atoms. The molecule has 0 aliphatic carbocycles. The summed E-state index contributed by atoms with van der Waals surface area (Å²) < 4.78 is 0. The number of anilines is 1. The first-order chi connectivity index (χ1) is 6.74. The van der Waals surface area contributed by atoms with E-state index >= 15 is 0 Å². The lowest BCUT2D eigenvalue weighted by Gasteiger charge is -2.00. The molecule has 4 heteroatoms. The lowest BCUT2D eigenvalue weighted by Crippen LogP contribution is -2.02. The second-order valence-corrected chi connectivity index (χ2v) is 2.52. The van der Waals surface area contributed by atoms with Crippen molar-refractivity contribution in [1.82, 2.24) is 4.98 Å². The Bertz CT molecular complexity index is 373. The van der Waals surface area contributed by atoms with Crippen molar-refractivity contribution in [3.8, 4) is 11.8 Å². The molecular formula is C10H10N2O2. The van der Waals surface area contributed by atoms with Crippen LogP contribution in [0.5, 0.6) is 0 Å². The quantitative estimate of drug-likeness (QED) is 0.703. The summed E-state index contributed by atoms with van der Waals surface area (Å²) >= 11 is 0. The minimum atomic E-state index is -0.975. The summed E-state index contributed by atoms with van der Waals surface area (Å²) in [5, 5.41) is 11.5. The van der Waals surface area contributed by atoms with Crippen LogP contribution in [0.2, 0.25) is 0 Å². The standard InChI is InChI=1S/C10H10N2O2/c1-2-3-6-11-9-5-4-8(7-12-9)10(13)14/h4-5,7H,6H2,1H3,(H,11,12)(H,13,14). The van der Waals surface area contributed by atoms with Crippen molar-refractivity contribution in [1.29, 1.82) is 0 Å². The summed E-state index contributed by atoms with van der Waals surface area (Å²) in [7, 11) is 0. The fourth-order valence-corrected chi connectivity index (χ4v) is 0.848. The Morgan fingerprint density at radius 1 is 1.64 bits per heavy atom. The van der Waals surface area contributed by atoms with E-state index in [1.807, 2.05) is 0 Å². The van der Waals surface area contributed by atoms with E-state index in [0.717, 1.165) is 0 Å². The predicted octanol–water partition coefficient (Wildman–Crippen LogP) is 1.22. The van der Waals surface area contributed by atoms with Gasteiger partial charge in [-0.25, -0.2) is 9.78 Å². The minimum Gasteiger partial charge on any atom is -0.478 e. The van der Waals surface area contributed by atoms with Crippen LogP contribution in [0.4, 0.5) is 5.82 Å². The van der Waals surface area contributed by atoms with Crippen LogP contribution in [0.1, 0.15) is 17.3 Å². The molecule has 1 aromatic rings. The third-order valence-electron chi connectivity index (χ3n) is 1.55. The van der Waals surface area contributed by atoms with Crippen LogP contribution >= 0.6 is 0 Å². The number of carbonyl (C=O) groups is 1. The van der Waals surface area contributed by atoms with Gasteiger partial charge in [0.2, 0.25) is 0 Å². The number of hydrogen-bond donors (Lipinski definition) is 2. The summed E-state index contributed by atoms with van der Waals surface area (Å²) in [6.45, 7) is 2.26. The maximum atomic E-state index is 10.5. The number of nitrogens with zero attached hydrogens (tertiary/aromatic N) is 1. The minimum absolute atomic E-state index is 0.178. The molecule has 1 heterocycles. The van der Waals surface area contributed by atoms with E-state index in [4.69, 9.17) is 5.11 Å². The molecule has 0 saturated heterocycles. The van der Waals surface area contributed by atoms with Crippen molar-refractivity contribution in [3.05, 3.63) is 23.9 Å². The van der Waals surface area contributed by atoms with Gasteiger partial charge in [0.15, 0.2) is 0 Å². The molecule has 1 rings (SSSR count). The molecule has 2 N–H and O–H groups in total. The molecule has 72 valence electrons. The number of aromatic nitrogens is 1. The Morgan fingerprint density at radius 2 is 2.43 bits per heavy atom. The number of pyridine rings is 1. The van der Waals surface area contributed by atoms with Gasteiger partial charge in [0, 0.05) is 6.20 Å². The Balaban J connectivity index is 2.62. The van der Waals surface area contributed by atoms with Crippen LogP contribution in [0.25, 0.3) is 0 Å². The van der Waals surface area contributed by atoms with E-state index < -0.39 is 5.97 Å². The maximum Gasteiger partial charge on any atom is 0.337 e. The third-order valence-corrected chi connectivity index (χ3v) is 1.55. The summed E-state index contributed by atoms with van der Waals surface area (Å²) in [6, 6.07) is 3.11. The number of carboxylic acid groups (broad SMARTS) is 1. The highest BCUT2D eigenvalue weighted by atomic mass is 16.4. The van der Waals surface area contributed by atoms with E-state index in [9.17, 15) is 4.79 Å². The van der Waals surface area contributed by atoms with Gasteiger partial charge in [0.1, 0.15) is 5.82 Å². The largest absolute Gasteiger partial charge is 0.478 e. The Labute approximate surface area is 82.0 Å². The highest BCUT2D eigenvalue weighted by Gasteiger charge is 2.01. The second kappa shape index (κ2) is 4.87. The van der Waals surface area contributed by atoms with E-state index in [0.29, 0.717) is 12.4 Å². The highest BCUT2D eigenvalue weighted by molar-refractivity contribution is 5.87. The predicted molar refractivity (Wildman–Crippen MR) is 53.1 cm³/mol. The highest BCUT2D eigenvalue weighted by Crippen LogP contribution is 2.03. The molecule has 0 saturated carbocycles. The van der Waals surface area contributed by atoms with Crippen LogP contribution in [0.15, 0.2) is 18.3 Å². The average Bonchev–Trinajstić information content (AvgIpc) is 2.19. The zero-order valence-electron chi connectivity index (χ0n) is 7.74. The van der Waals surface area contributed by atoms with Crippen LogP contribution < -0.4 is 5.32 Å². The van der Waals surface area contributed by atoms with Crippen molar-refractivity contribution in [2.45, 2.75) is 6.92 Å². The number of hydrogen-bond acceptors (Lipinski definition) is 3. The average molecular weight is 190 g/mol. The SMILES string of the molecule is CC#CCNc1ccc(C(=O)O)cn1. The molecule has 14 heavy (non-hydrogen) atoms. The van der Waals surface area contributed by atoms with Crippen LogP contribution in [0.3, 0.4) is 0 Å². The molecule has 1 aromatic heterocycles. The second-order valence-electron chi connectivity index (χ2n) is 2.52. The van der Waals surface area contributed by atoms with E-state index in [-0.39, 0.29) is 5.56 Å². The Morgan fingerprint density at radius 3 is 2.93 bits per heavy atom. The molecule has 0 aliphatic heterocycles. The summed E-state index contributed by atoms with van der Waals surface area (Å²) in [4.78, 5) is 14.4. The van der Waals surface area contributed by atoms with E-state index in [1.54, 1.807) is 13.0 Å². The Kier molecular flexibility index (Phi) is 3.50. The number of carboxylic acids is 1. The van der Waals surface area contributed by atoms with Gasteiger partial charge in [0.25, 0.3) is 0 Å². The van der Waals surface area contributed by atoms with Crippen LogP contribution in [-0.4, -0.2) is 22.6 Å².